The lowest BCUT2D eigenvalue weighted by Gasteiger charge is -2.39. The summed E-state index contributed by atoms with van der Waals surface area (Å²) in [7, 11) is 1.62. The molecule has 2 bridgehead atoms. The molecule has 2 aromatic carbocycles. The summed E-state index contributed by atoms with van der Waals surface area (Å²) < 4.78 is 5.24. The molecule has 1 aliphatic heterocycles. The van der Waals surface area contributed by atoms with Crippen molar-refractivity contribution < 1.29 is 14.3 Å². The zero-order valence-corrected chi connectivity index (χ0v) is 19.4. The quantitative estimate of drug-likeness (QED) is 0.684. The molecular formula is C27H32N2O3. The third-order valence-corrected chi connectivity index (χ3v) is 6.62. The second kappa shape index (κ2) is 8.45. The maximum atomic E-state index is 13.8. The van der Waals surface area contributed by atoms with Crippen molar-refractivity contribution in [2.24, 2.45) is 10.8 Å². The second-order valence-electron chi connectivity index (χ2n) is 10.3. The van der Waals surface area contributed by atoms with Crippen molar-refractivity contribution in [1.82, 2.24) is 10.2 Å². The molecule has 1 heterocycles. The van der Waals surface area contributed by atoms with Crippen LogP contribution in [-0.4, -0.2) is 36.4 Å². The van der Waals surface area contributed by atoms with Crippen LogP contribution in [0.5, 0.6) is 5.75 Å². The first kappa shape index (κ1) is 22.1. The van der Waals surface area contributed by atoms with Crippen molar-refractivity contribution in [3.8, 4) is 5.75 Å². The number of benzene rings is 2. The number of nitrogens with zero attached hydrogens (tertiary/aromatic N) is 1. The van der Waals surface area contributed by atoms with E-state index in [0.717, 1.165) is 37.1 Å². The zero-order chi connectivity index (χ0) is 22.9. The van der Waals surface area contributed by atoms with Gasteiger partial charge in [-0.2, -0.15) is 0 Å². The van der Waals surface area contributed by atoms with Crippen LogP contribution in [0.3, 0.4) is 0 Å². The maximum absolute atomic E-state index is 13.8. The van der Waals surface area contributed by atoms with Crippen molar-refractivity contribution in [3.05, 3.63) is 71.4 Å². The van der Waals surface area contributed by atoms with E-state index in [1.165, 1.54) is 0 Å². The van der Waals surface area contributed by atoms with Crippen molar-refractivity contribution in [1.29, 1.82) is 0 Å². The van der Waals surface area contributed by atoms with Gasteiger partial charge in [0.25, 0.3) is 11.8 Å². The van der Waals surface area contributed by atoms with Gasteiger partial charge in [0.1, 0.15) is 11.4 Å². The van der Waals surface area contributed by atoms with Crippen LogP contribution in [0.15, 0.2) is 60.3 Å². The first-order chi connectivity index (χ1) is 15.2. The van der Waals surface area contributed by atoms with Crippen LogP contribution < -0.4 is 10.1 Å². The number of nitrogens with one attached hydrogen (secondary N) is 1. The summed E-state index contributed by atoms with van der Waals surface area (Å²) in [6.07, 6.45) is 4.87. The van der Waals surface area contributed by atoms with E-state index in [2.05, 4.69) is 26.1 Å². The predicted octanol–water partition coefficient (Wildman–Crippen LogP) is 4.89. The highest BCUT2D eigenvalue weighted by molar-refractivity contribution is 6.05. The summed E-state index contributed by atoms with van der Waals surface area (Å²) in [5, 5.41) is 2.90. The highest BCUT2D eigenvalue weighted by Crippen LogP contribution is 2.52. The molecule has 168 valence electrons. The van der Waals surface area contributed by atoms with Gasteiger partial charge in [-0.3, -0.25) is 9.59 Å². The van der Waals surface area contributed by atoms with E-state index in [0.29, 0.717) is 11.3 Å². The molecule has 1 aliphatic carbocycles. The molecule has 1 saturated heterocycles. The number of amides is 2. The predicted molar refractivity (Wildman–Crippen MR) is 126 cm³/mol. The van der Waals surface area contributed by atoms with E-state index in [1.54, 1.807) is 25.3 Å². The van der Waals surface area contributed by atoms with Crippen LogP contribution in [0.1, 0.15) is 56.0 Å². The number of carbonyl (C=O) groups excluding carboxylic acids is 2. The largest absolute Gasteiger partial charge is 0.497 e. The first-order valence-electron chi connectivity index (χ1n) is 11.2. The number of ether oxygens (including phenoxy) is 1. The molecule has 0 spiro atoms. The summed E-state index contributed by atoms with van der Waals surface area (Å²) in [6.45, 7) is 7.58. The molecular weight excluding hydrogens is 400 g/mol. The van der Waals surface area contributed by atoms with Gasteiger partial charge in [0.15, 0.2) is 0 Å². The number of hydrogen-bond acceptors (Lipinski definition) is 3. The van der Waals surface area contributed by atoms with Gasteiger partial charge in [-0.15, -0.1) is 0 Å². The minimum Gasteiger partial charge on any atom is -0.497 e. The van der Waals surface area contributed by atoms with E-state index in [9.17, 15) is 9.59 Å². The summed E-state index contributed by atoms with van der Waals surface area (Å²) in [5.74, 6) is 0.343. The van der Waals surface area contributed by atoms with E-state index < -0.39 is 0 Å². The lowest BCUT2D eigenvalue weighted by molar-refractivity contribution is -0.128. The molecule has 4 rings (SSSR count). The Morgan fingerprint density at radius 3 is 2.38 bits per heavy atom. The first-order valence-corrected chi connectivity index (χ1v) is 11.2. The van der Waals surface area contributed by atoms with Crippen molar-refractivity contribution in [3.63, 3.8) is 0 Å². The van der Waals surface area contributed by atoms with Gasteiger partial charge < -0.3 is 15.0 Å². The summed E-state index contributed by atoms with van der Waals surface area (Å²) in [4.78, 5) is 28.7. The van der Waals surface area contributed by atoms with Gasteiger partial charge in [-0.05, 0) is 66.0 Å². The molecule has 1 N–H and O–H groups in total. The molecule has 2 fully saturated rings. The van der Waals surface area contributed by atoms with Gasteiger partial charge >= 0.3 is 0 Å². The fourth-order valence-corrected chi connectivity index (χ4v) is 5.65. The fraction of sp³-hybridized carbons (Fsp3) is 0.407. The molecule has 0 radical (unpaired) electrons. The lowest BCUT2D eigenvalue weighted by atomic mass is 9.65. The number of fused-ring (bicyclic) bond motifs is 2. The van der Waals surface area contributed by atoms with Gasteiger partial charge in [0.2, 0.25) is 0 Å². The number of methoxy groups -OCH3 is 1. The smallest absolute Gasteiger partial charge is 0.270 e. The van der Waals surface area contributed by atoms with Crippen molar-refractivity contribution in [2.75, 3.05) is 13.7 Å². The van der Waals surface area contributed by atoms with E-state index in [4.69, 9.17) is 4.74 Å². The van der Waals surface area contributed by atoms with Crippen LogP contribution >= 0.6 is 0 Å². The lowest BCUT2D eigenvalue weighted by Crippen LogP contribution is -2.42. The summed E-state index contributed by atoms with van der Waals surface area (Å²) in [5.41, 5.74) is 1.99. The topological polar surface area (TPSA) is 58.6 Å². The summed E-state index contributed by atoms with van der Waals surface area (Å²) in [6, 6.07) is 16.6. The number of hydrogen-bond donors (Lipinski definition) is 1. The Balaban J connectivity index is 1.64. The Morgan fingerprint density at radius 2 is 1.72 bits per heavy atom. The molecule has 2 aliphatic rings. The molecule has 2 atom stereocenters. The zero-order valence-electron chi connectivity index (χ0n) is 19.4. The fourth-order valence-electron chi connectivity index (χ4n) is 5.65. The SMILES string of the molecule is COc1ccc(/C=C(/NC(=O)c2ccccc2)C(=O)N2C[C@@]3(C)C[C@@H]2CC(C)(C)C3)cc1. The molecule has 2 aromatic rings. The van der Waals surface area contributed by atoms with Gasteiger partial charge in [-0.1, -0.05) is 51.1 Å². The van der Waals surface area contributed by atoms with Crippen LogP contribution in [0.4, 0.5) is 0 Å². The Labute approximate surface area is 190 Å². The van der Waals surface area contributed by atoms with Crippen LogP contribution in [0, 0.1) is 10.8 Å². The molecule has 1 saturated carbocycles. The molecule has 32 heavy (non-hydrogen) atoms. The van der Waals surface area contributed by atoms with Gasteiger partial charge in [0, 0.05) is 18.2 Å². The second-order valence-corrected chi connectivity index (χ2v) is 10.3. The average molecular weight is 433 g/mol. The minimum atomic E-state index is -0.285. The Morgan fingerprint density at radius 1 is 1.03 bits per heavy atom. The average Bonchev–Trinajstić information content (AvgIpc) is 3.02. The van der Waals surface area contributed by atoms with Gasteiger partial charge in [0.05, 0.1) is 7.11 Å². The molecule has 0 aromatic heterocycles. The molecule has 5 heteroatoms. The highest BCUT2D eigenvalue weighted by atomic mass is 16.5. The van der Waals surface area contributed by atoms with Crippen LogP contribution in [-0.2, 0) is 4.79 Å². The highest BCUT2D eigenvalue weighted by Gasteiger charge is 2.51. The Hall–Kier alpha value is -3.08. The minimum absolute atomic E-state index is 0.114. The van der Waals surface area contributed by atoms with Crippen LogP contribution in [0.2, 0.25) is 0 Å². The van der Waals surface area contributed by atoms with Crippen LogP contribution in [0.25, 0.3) is 6.08 Å². The third kappa shape index (κ3) is 4.72. The van der Waals surface area contributed by atoms with Crippen molar-refractivity contribution in [2.45, 2.75) is 46.1 Å². The molecule has 0 unspecified atom stereocenters. The van der Waals surface area contributed by atoms with Gasteiger partial charge in [-0.25, -0.2) is 0 Å². The van der Waals surface area contributed by atoms with E-state index >= 15 is 0 Å². The van der Waals surface area contributed by atoms with E-state index in [-0.39, 0.29) is 28.7 Å². The Bertz CT molecular complexity index is 1030. The monoisotopic (exact) mass is 432 g/mol. The Kier molecular flexibility index (Phi) is 5.85. The number of carbonyl (C=O) groups is 2. The summed E-state index contributed by atoms with van der Waals surface area (Å²) >= 11 is 0. The maximum Gasteiger partial charge on any atom is 0.270 e. The number of likely N-dealkylation sites (tertiary alicyclic amines) is 1. The third-order valence-electron chi connectivity index (χ3n) is 6.62. The molecule has 5 nitrogen and oxygen atoms in total. The normalized spacial score (nSPS) is 24.2. The standard InChI is InChI=1S/C27H32N2O3/c1-26(2)15-21-16-27(3,17-26)18-29(21)25(31)23(14-19-10-12-22(32-4)13-11-19)28-24(30)20-8-6-5-7-9-20/h5-14,21H,15-18H2,1-4H3,(H,28,30)/b23-14+/t21-,27-/m0/s1. The van der Waals surface area contributed by atoms with Crippen molar-refractivity contribution >= 4 is 17.9 Å². The number of rotatable bonds is 5. The van der Waals surface area contributed by atoms with E-state index in [1.807, 2.05) is 47.4 Å². The molecule has 2 amide bonds.